The van der Waals surface area contributed by atoms with Crippen LogP contribution in [-0.4, -0.2) is 35.0 Å². The van der Waals surface area contributed by atoms with E-state index in [-0.39, 0.29) is 5.91 Å². The van der Waals surface area contributed by atoms with E-state index in [4.69, 9.17) is 4.74 Å². The number of methoxy groups -OCH3 is 1. The number of esters is 1. The lowest BCUT2D eigenvalue weighted by atomic mass is 10.1. The average molecular weight is 381 g/mol. The van der Waals surface area contributed by atoms with Gasteiger partial charge in [-0.15, -0.1) is 11.3 Å². The zero-order chi connectivity index (χ0) is 19.2. The molecule has 1 atom stereocenters. The fourth-order valence-electron chi connectivity index (χ4n) is 2.72. The number of ether oxygens (including phenoxy) is 1. The summed E-state index contributed by atoms with van der Waals surface area (Å²) in [6.45, 7) is 1.84. The fourth-order valence-corrected chi connectivity index (χ4v) is 3.55. The predicted molar refractivity (Wildman–Crippen MR) is 105 cm³/mol. The number of amides is 1. The van der Waals surface area contributed by atoms with Gasteiger partial charge in [0.1, 0.15) is 15.9 Å². The van der Waals surface area contributed by atoms with Gasteiger partial charge in [0.05, 0.1) is 19.0 Å². The lowest BCUT2D eigenvalue weighted by Crippen LogP contribution is -2.45. The number of hydrogen-bond donors (Lipinski definition) is 0. The second-order valence-electron chi connectivity index (χ2n) is 5.70. The number of pyridine rings is 1. The van der Waals surface area contributed by atoms with Gasteiger partial charge in [0, 0.05) is 11.9 Å². The molecular weight excluding hydrogens is 362 g/mol. The number of benzene rings is 1. The second kappa shape index (κ2) is 8.55. The van der Waals surface area contributed by atoms with E-state index in [0.717, 1.165) is 0 Å². The third-order valence-electron chi connectivity index (χ3n) is 4.03. The minimum absolute atomic E-state index is 0.293. The van der Waals surface area contributed by atoms with E-state index in [1.807, 2.05) is 43.3 Å². The van der Waals surface area contributed by atoms with Crippen LogP contribution in [0.25, 0.3) is 10.7 Å². The summed E-state index contributed by atoms with van der Waals surface area (Å²) in [4.78, 5) is 36.1. The summed E-state index contributed by atoms with van der Waals surface area (Å²) in [5, 5.41) is 0.651. The summed E-state index contributed by atoms with van der Waals surface area (Å²) >= 11 is 1.25. The third kappa shape index (κ3) is 4.03. The summed E-state index contributed by atoms with van der Waals surface area (Å²) < 4.78 is 4.91. The van der Waals surface area contributed by atoms with Crippen molar-refractivity contribution in [2.24, 2.45) is 0 Å². The molecule has 2 aromatic heterocycles. The van der Waals surface area contributed by atoms with Crippen LogP contribution in [0.1, 0.15) is 23.0 Å². The fraction of sp³-hybridized carbons (Fsp3) is 0.200. The van der Waals surface area contributed by atoms with Crippen LogP contribution < -0.4 is 4.90 Å². The molecule has 1 amide bonds. The summed E-state index contributed by atoms with van der Waals surface area (Å²) in [6, 6.07) is 13.9. The van der Waals surface area contributed by atoms with E-state index in [1.54, 1.807) is 18.3 Å². The first-order chi connectivity index (χ1) is 13.2. The minimum atomic E-state index is -0.717. The topological polar surface area (TPSA) is 72.4 Å². The molecule has 27 heavy (non-hydrogen) atoms. The van der Waals surface area contributed by atoms with Gasteiger partial charge >= 0.3 is 5.97 Å². The van der Waals surface area contributed by atoms with Crippen LogP contribution >= 0.6 is 11.3 Å². The summed E-state index contributed by atoms with van der Waals surface area (Å²) in [5.74, 6) is -0.748. The van der Waals surface area contributed by atoms with Gasteiger partial charge < -0.3 is 4.74 Å². The molecule has 0 bridgehead atoms. The Bertz CT molecular complexity index is 912. The standard InChI is InChI=1S/C20H19N3O3S/c1-3-16(20(25)26-2)23(14-9-5-4-6-10-14)19(24)17-13-22-18(27-17)15-11-7-8-12-21-15/h4-13,16H,3H2,1-2H3/t16-/m0/s1. The number of aromatic nitrogens is 2. The van der Waals surface area contributed by atoms with E-state index >= 15 is 0 Å². The number of thiazole rings is 1. The molecule has 138 valence electrons. The van der Waals surface area contributed by atoms with E-state index in [1.165, 1.54) is 29.5 Å². The van der Waals surface area contributed by atoms with Crippen molar-refractivity contribution in [3.8, 4) is 10.7 Å². The molecule has 0 aliphatic rings. The molecule has 0 unspecified atom stereocenters. The predicted octanol–water partition coefficient (Wildman–Crippen LogP) is 3.80. The molecule has 0 saturated carbocycles. The molecule has 2 heterocycles. The molecule has 0 radical (unpaired) electrons. The Morgan fingerprint density at radius 3 is 2.48 bits per heavy atom. The second-order valence-corrected chi connectivity index (χ2v) is 6.73. The highest BCUT2D eigenvalue weighted by molar-refractivity contribution is 7.17. The Hall–Kier alpha value is -3.06. The number of rotatable bonds is 6. The van der Waals surface area contributed by atoms with E-state index in [9.17, 15) is 9.59 Å². The number of carbonyl (C=O) groups is 2. The smallest absolute Gasteiger partial charge is 0.328 e. The lowest BCUT2D eigenvalue weighted by molar-refractivity contribution is -0.142. The first-order valence-electron chi connectivity index (χ1n) is 8.49. The van der Waals surface area contributed by atoms with Gasteiger partial charge in [-0.3, -0.25) is 14.7 Å². The highest BCUT2D eigenvalue weighted by atomic mass is 32.1. The van der Waals surface area contributed by atoms with Crippen LogP contribution in [0, 0.1) is 0 Å². The number of hydrogen-bond acceptors (Lipinski definition) is 6. The maximum Gasteiger partial charge on any atom is 0.328 e. The molecule has 0 saturated heterocycles. The SMILES string of the molecule is CC[C@@H](C(=O)OC)N(C(=O)c1cnc(-c2ccccn2)s1)c1ccccc1. The Morgan fingerprint density at radius 2 is 1.85 bits per heavy atom. The van der Waals surface area contributed by atoms with Crippen molar-refractivity contribution < 1.29 is 14.3 Å². The van der Waals surface area contributed by atoms with Gasteiger partial charge in [0.2, 0.25) is 0 Å². The third-order valence-corrected chi connectivity index (χ3v) is 5.03. The summed E-state index contributed by atoms with van der Waals surface area (Å²) in [7, 11) is 1.32. The number of anilines is 1. The van der Waals surface area contributed by atoms with E-state index < -0.39 is 12.0 Å². The van der Waals surface area contributed by atoms with Crippen LogP contribution in [0.15, 0.2) is 60.9 Å². The van der Waals surface area contributed by atoms with Crippen molar-refractivity contribution in [3.63, 3.8) is 0 Å². The van der Waals surface area contributed by atoms with Crippen molar-refractivity contribution in [1.82, 2.24) is 9.97 Å². The van der Waals surface area contributed by atoms with Gasteiger partial charge in [-0.05, 0) is 30.7 Å². The molecule has 6 nitrogen and oxygen atoms in total. The van der Waals surface area contributed by atoms with Crippen LogP contribution in [-0.2, 0) is 9.53 Å². The molecule has 0 spiro atoms. The number of para-hydroxylation sites is 1. The highest BCUT2D eigenvalue weighted by Crippen LogP contribution is 2.28. The van der Waals surface area contributed by atoms with Crippen molar-refractivity contribution in [2.75, 3.05) is 12.0 Å². The highest BCUT2D eigenvalue weighted by Gasteiger charge is 2.32. The minimum Gasteiger partial charge on any atom is -0.467 e. The monoisotopic (exact) mass is 381 g/mol. The maximum atomic E-state index is 13.3. The van der Waals surface area contributed by atoms with E-state index in [0.29, 0.717) is 27.7 Å². The lowest BCUT2D eigenvalue weighted by Gasteiger charge is -2.28. The van der Waals surface area contributed by atoms with Crippen LogP contribution in [0.2, 0.25) is 0 Å². The zero-order valence-corrected chi connectivity index (χ0v) is 15.8. The molecule has 0 aliphatic carbocycles. The average Bonchev–Trinajstić information content (AvgIpc) is 3.22. The molecule has 1 aromatic carbocycles. The molecule has 3 aromatic rings. The van der Waals surface area contributed by atoms with Gasteiger partial charge in [-0.2, -0.15) is 0 Å². The maximum absolute atomic E-state index is 13.3. The Labute approximate surface area is 161 Å². The molecule has 0 fully saturated rings. The molecule has 3 rings (SSSR count). The largest absolute Gasteiger partial charge is 0.467 e. The van der Waals surface area contributed by atoms with Gasteiger partial charge in [-0.1, -0.05) is 31.2 Å². The van der Waals surface area contributed by atoms with Gasteiger partial charge in [0.25, 0.3) is 5.91 Å². The first kappa shape index (κ1) is 18.7. The summed E-state index contributed by atoms with van der Waals surface area (Å²) in [5.41, 5.74) is 1.33. The molecule has 0 N–H and O–H groups in total. The number of nitrogens with zero attached hydrogens (tertiary/aromatic N) is 3. The van der Waals surface area contributed by atoms with Crippen molar-refractivity contribution in [3.05, 3.63) is 65.8 Å². The molecule has 7 heteroatoms. The normalized spacial score (nSPS) is 11.6. The van der Waals surface area contributed by atoms with Gasteiger partial charge in [0.15, 0.2) is 0 Å². The molecule has 0 aliphatic heterocycles. The summed E-state index contributed by atoms with van der Waals surface area (Å²) in [6.07, 6.45) is 3.63. The zero-order valence-electron chi connectivity index (χ0n) is 15.0. The van der Waals surface area contributed by atoms with Gasteiger partial charge in [-0.25, -0.2) is 9.78 Å². The van der Waals surface area contributed by atoms with Crippen LogP contribution in [0.3, 0.4) is 0 Å². The Kier molecular flexibility index (Phi) is 5.93. The van der Waals surface area contributed by atoms with E-state index in [2.05, 4.69) is 9.97 Å². The Morgan fingerprint density at radius 1 is 1.11 bits per heavy atom. The molecular formula is C20H19N3O3S. The van der Waals surface area contributed by atoms with Crippen molar-refractivity contribution in [2.45, 2.75) is 19.4 Å². The number of carbonyl (C=O) groups excluding carboxylic acids is 2. The quantitative estimate of drug-likeness (QED) is 0.607. The van der Waals surface area contributed by atoms with Crippen LogP contribution in [0.4, 0.5) is 5.69 Å². The Balaban J connectivity index is 1.98. The van der Waals surface area contributed by atoms with Crippen molar-refractivity contribution >= 4 is 28.9 Å². The van der Waals surface area contributed by atoms with Crippen LogP contribution in [0.5, 0.6) is 0 Å². The first-order valence-corrected chi connectivity index (χ1v) is 9.31. The van der Waals surface area contributed by atoms with Crippen molar-refractivity contribution in [1.29, 1.82) is 0 Å².